The Labute approximate surface area is 142 Å². The van der Waals surface area contributed by atoms with Gasteiger partial charge < -0.3 is 15.3 Å². The lowest BCUT2D eigenvalue weighted by atomic mass is 9.81. The Kier molecular flexibility index (Phi) is 5.18. The van der Waals surface area contributed by atoms with Crippen molar-refractivity contribution in [1.29, 1.82) is 0 Å². The van der Waals surface area contributed by atoms with E-state index in [1.807, 2.05) is 17.1 Å². The summed E-state index contributed by atoms with van der Waals surface area (Å²) in [4.78, 5) is 27.4. The van der Waals surface area contributed by atoms with Crippen molar-refractivity contribution < 1.29 is 14.7 Å². The van der Waals surface area contributed by atoms with Crippen molar-refractivity contribution in [1.82, 2.24) is 4.90 Å². The number of piperidine rings is 1. The number of likely N-dealkylation sites (tertiary alicyclic amines) is 1. The smallest absolute Gasteiger partial charge is 0.228 e. The summed E-state index contributed by atoms with van der Waals surface area (Å²) < 4.78 is 0. The number of aromatic hydroxyl groups is 1. The van der Waals surface area contributed by atoms with Crippen LogP contribution in [0, 0.1) is 11.8 Å². The second-order valence-electron chi connectivity index (χ2n) is 6.58. The van der Waals surface area contributed by atoms with Crippen molar-refractivity contribution >= 4 is 17.5 Å². The fourth-order valence-corrected chi connectivity index (χ4v) is 3.54. The normalized spacial score (nSPS) is 23.8. The Bertz CT molecular complexity index is 635. The molecule has 2 aliphatic rings. The molecule has 2 atom stereocenters. The highest BCUT2D eigenvalue weighted by atomic mass is 16.3. The molecule has 24 heavy (non-hydrogen) atoms. The minimum atomic E-state index is -0.355. The van der Waals surface area contributed by atoms with Gasteiger partial charge in [0.15, 0.2) is 0 Å². The number of rotatable bonds is 3. The third-order valence-electron chi connectivity index (χ3n) is 4.87. The number of phenols is 1. The van der Waals surface area contributed by atoms with Crippen LogP contribution in [0.15, 0.2) is 36.4 Å². The van der Waals surface area contributed by atoms with E-state index in [-0.39, 0.29) is 29.4 Å². The van der Waals surface area contributed by atoms with Crippen LogP contribution in [0.4, 0.5) is 5.69 Å². The molecule has 1 saturated heterocycles. The van der Waals surface area contributed by atoms with Crippen molar-refractivity contribution in [3.05, 3.63) is 36.4 Å². The van der Waals surface area contributed by atoms with Gasteiger partial charge in [-0.1, -0.05) is 18.2 Å². The van der Waals surface area contributed by atoms with Crippen molar-refractivity contribution in [2.24, 2.45) is 11.8 Å². The molecule has 5 heteroatoms. The summed E-state index contributed by atoms with van der Waals surface area (Å²) in [5.41, 5.74) is 0.554. The standard InChI is InChI=1S/C19H24N2O3/c22-15-8-6-7-14(13-15)20-18(23)16-9-2-3-10-17(16)19(24)21-11-4-1-5-12-21/h2-3,6-8,13,16-17,22H,1,4-5,9-12H2,(H,20,23). The van der Waals surface area contributed by atoms with Gasteiger partial charge in [-0.2, -0.15) is 0 Å². The topological polar surface area (TPSA) is 69.6 Å². The number of hydrogen-bond acceptors (Lipinski definition) is 3. The van der Waals surface area contributed by atoms with Gasteiger partial charge >= 0.3 is 0 Å². The number of allylic oxidation sites excluding steroid dienone is 2. The zero-order valence-corrected chi connectivity index (χ0v) is 13.8. The number of nitrogens with one attached hydrogen (secondary N) is 1. The van der Waals surface area contributed by atoms with Crippen LogP contribution in [0.1, 0.15) is 32.1 Å². The molecule has 2 N–H and O–H groups in total. The van der Waals surface area contributed by atoms with Crippen molar-refractivity contribution in [2.75, 3.05) is 18.4 Å². The van der Waals surface area contributed by atoms with Crippen LogP contribution in [-0.4, -0.2) is 34.9 Å². The first kappa shape index (κ1) is 16.6. The van der Waals surface area contributed by atoms with Gasteiger partial charge in [-0.05, 0) is 44.2 Å². The van der Waals surface area contributed by atoms with E-state index in [1.165, 1.54) is 12.5 Å². The fourth-order valence-electron chi connectivity index (χ4n) is 3.54. The zero-order chi connectivity index (χ0) is 16.9. The van der Waals surface area contributed by atoms with E-state index in [1.54, 1.807) is 18.2 Å². The van der Waals surface area contributed by atoms with Crippen molar-refractivity contribution in [3.63, 3.8) is 0 Å². The Hall–Kier alpha value is -2.30. The molecule has 3 rings (SSSR count). The number of amides is 2. The van der Waals surface area contributed by atoms with Gasteiger partial charge in [0, 0.05) is 24.8 Å². The first-order valence-electron chi connectivity index (χ1n) is 8.69. The van der Waals surface area contributed by atoms with E-state index in [0.717, 1.165) is 25.9 Å². The van der Waals surface area contributed by atoms with Crippen LogP contribution in [0.25, 0.3) is 0 Å². The second kappa shape index (κ2) is 7.51. The lowest BCUT2D eigenvalue weighted by Crippen LogP contribution is -2.45. The molecule has 1 aliphatic heterocycles. The molecule has 5 nitrogen and oxygen atoms in total. The molecule has 1 heterocycles. The van der Waals surface area contributed by atoms with Gasteiger partial charge in [0.05, 0.1) is 11.8 Å². The van der Waals surface area contributed by atoms with Gasteiger partial charge in [0.25, 0.3) is 0 Å². The Balaban J connectivity index is 1.70. The minimum Gasteiger partial charge on any atom is -0.508 e. The number of phenolic OH excluding ortho intramolecular Hbond substituents is 1. The number of nitrogens with zero attached hydrogens (tertiary/aromatic N) is 1. The van der Waals surface area contributed by atoms with E-state index >= 15 is 0 Å². The molecule has 1 fully saturated rings. The van der Waals surface area contributed by atoms with Crippen LogP contribution in [0.5, 0.6) is 5.75 Å². The summed E-state index contributed by atoms with van der Waals surface area (Å²) >= 11 is 0. The molecule has 2 unspecified atom stereocenters. The summed E-state index contributed by atoms with van der Waals surface area (Å²) in [6.07, 6.45) is 8.46. The predicted molar refractivity (Wildman–Crippen MR) is 92.5 cm³/mol. The first-order chi connectivity index (χ1) is 11.6. The molecule has 0 bridgehead atoms. The Morgan fingerprint density at radius 2 is 1.75 bits per heavy atom. The largest absolute Gasteiger partial charge is 0.508 e. The summed E-state index contributed by atoms with van der Waals surface area (Å²) in [5, 5.41) is 12.4. The Morgan fingerprint density at radius 3 is 2.46 bits per heavy atom. The molecule has 128 valence electrons. The van der Waals surface area contributed by atoms with Crippen LogP contribution < -0.4 is 5.32 Å². The third kappa shape index (κ3) is 3.78. The van der Waals surface area contributed by atoms with Gasteiger partial charge in [-0.3, -0.25) is 9.59 Å². The number of carbonyl (C=O) groups excluding carboxylic acids is 2. The van der Waals surface area contributed by atoms with E-state index in [9.17, 15) is 14.7 Å². The molecule has 1 aromatic carbocycles. The molecule has 0 saturated carbocycles. The quantitative estimate of drug-likeness (QED) is 0.838. The van der Waals surface area contributed by atoms with Crippen LogP contribution in [-0.2, 0) is 9.59 Å². The summed E-state index contributed by atoms with van der Waals surface area (Å²) in [6, 6.07) is 6.49. The maximum atomic E-state index is 12.8. The molecular weight excluding hydrogens is 304 g/mol. The minimum absolute atomic E-state index is 0.107. The van der Waals surface area contributed by atoms with Crippen molar-refractivity contribution in [2.45, 2.75) is 32.1 Å². The van der Waals surface area contributed by atoms with Crippen LogP contribution in [0.2, 0.25) is 0 Å². The highest BCUT2D eigenvalue weighted by Gasteiger charge is 2.36. The van der Waals surface area contributed by atoms with E-state index < -0.39 is 0 Å². The SMILES string of the molecule is O=C(Nc1cccc(O)c1)C1CC=CCC1C(=O)N1CCCCC1. The predicted octanol–water partition coefficient (Wildman–Crippen LogP) is 2.93. The van der Waals surface area contributed by atoms with Gasteiger partial charge in [-0.15, -0.1) is 0 Å². The van der Waals surface area contributed by atoms with E-state index in [2.05, 4.69) is 5.32 Å². The number of carbonyl (C=O) groups is 2. The molecule has 0 spiro atoms. The molecule has 0 radical (unpaired) electrons. The lowest BCUT2D eigenvalue weighted by Gasteiger charge is -2.34. The average molecular weight is 328 g/mol. The van der Waals surface area contributed by atoms with Crippen LogP contribution in [0.3, 0.4) is 0 Å². The van der Waals surface area contributed by atoms with Gasteiger partial charge in [0.2, 0.25) is 11.8 Å². The third-order valence-corrected chi connectivity index (χ3v) is 4.87. The number of hydrogen-bond donors (Lipinski definition) is 2. The highest BCUT2D eigenvalue weighted by Crippen LogP contribution is 2.30. The number of benzene rings is 1. The molecule has 2 amide bonds. The van der Waals surface area contributed by atoms with E-state index in [0.29, 0.717) is 18.5 Å². The summed E-state index contributed by atoms with van der Waals surface area (Å²) in [6.45, 7) is 1.61. The molecular formula is C19H24N2O3. The monoisotopic (exact) mass is 328 g/mol. The van der Waals surface area contributed by atoms with E-state index in [4.69, 9.17) is 0 Å². The van der Waals surface area contributed by atoms with Crippen molar-refractivity contribution in [3.8, 4) is 5.75 Å². The Morgan fingerprint density at radius 1 is 1.04 bits per heavy atom. The highest BCUT2D eigenvalue weighted by molar-refractivity contribution is 5.96. The fraction of sp³-hybridized carbons (Fsp3) is 0.474. The van der Waals surface area contributed by atoms with Gasteiger partial charge in [-0.25, -0.2) is 0 Å². The first-order valence-corrected chi connectivity index (χ1v) is 8.69. The average Bonchev–Trinajstić information content (AvgIpc) is 2.62. The summed E-state index contributed by atoms with van der Waals surface area (Å²) in [7, 11) is 0. The summed E-state index contributed by atoms with van der Waals surface area (Å²) in [5.74, 6) is -0.579. The number of anilines is 1. The molecule has 1 aromatic rings. The second-order valence-corrected chi connectivity index (χ2v) is 6.58. The van der Waals surface area contributed by atoms with Gasteiger partial charge in [0.1, 0.15) is 5.75 Å². The molecule has 1 aliphatic carbocycles. The zero-order valence-electron chi connectivity index (χ0n) is 13.8. The lowest BCUT2D eigenvalue weighted by molar-refractivity contribution is -0.141. The van der Waals surface area contributed by atoms with Crippen LogP contribution >= 0.6 is 0 Å². The maximum absolute atomic E-state index is 12.8. The molecule has 0 aromatic heterocycles. The maximum Gasteiger partial charge on any atom is 0.228 e.